The molecule has 0 bridgehead atoms. The molecular weight excluding hydrogens is 260 g/mol. The molecule has 1 saturated heterocycles. The van der Waals surface area contributed by atoms with E-state index in [0.29, 0.717) is 26.2 Å². The van der Waals surface area contributed by atoms with Crippen LogP contribution in [-0.2, 0) is 4.79 Å². The molecule has 0 aliphatic carbocycles. The number of nitro groups is 1. The minimum absolute atomic E-state index is 0.0339. The zero-order chi connectivity index (χ0) is 14.7. The minimum Gasteiger partial charge on any atom is -0.368 e. The third-order valence-electron chi connectivity index (χ3n) is 3.41. The van der Waals surface area contributed by atoms with Crippen LogP contribution in [0.4, 0.5) is 11.4 Å². The summed E-state index contributed by atoms with van der Waals surface area (Å²) in [5.41, 5.74) is 6.61. The third-order valence-corrected chi connectivity index (χ3v) is 3.41. The number of rotatable bonds is 3. The Labute approximate surface area is 117 Å². The zero-order valence-electron chi connectivity index (χ0n) is 11.4. The van der Waals surface area contributed by atoms with Crippen LogP contribution in [0.15, 0.2) is 24.3 Å². The van der Waals surface area contributed by atoms with E-state index in [1.165, 1.54) is 12.1 Å². The van der Waals surface area contributed by atoms with Gasteiger partial charge in [-0.25, -0.2) is 0 Å². The van der Waals surface area contributed by atoms with Crippen LogP contribution >= 0.6 is 0 Å². The number of nitro benzene ring substituents is 1. The van der Waals surface area contributed by atoms with Crippen molar-refractivity contribution in [2.45, 2.75) is 13.0 Å². The van der Waals surface area contributed by atoms with E-state index < -0.39 is 11.0 Å². The lowest BCUT2D eigenvalue weighted by molar-refractivity contribution is -0.384. The standard InChI is InChI=1S/C13H18N4O3/c1-10(14)13(18)16-8-6-15(7-9-16)11-2-4-12(5-3-11)17(19)20/h2-5,10H,6-9,14H2,1H3/t10-/m1/s1. The molecule has 1 heterocycles. The molecule has 1 aliphatic rings. The van der Waals surface area contributed by atoms with Crippen molar-refractivity contribution in [3.8, 4) is 0 Å². The largest absolute Gasteiger partial charge is 0.368 e. The van der Waals surface area contributed by atoms with E-state index in [9.17, 15) is 14.9 Å². The summed E-state index contributed by atoms with van der Waals surface area (Å²) in [4.78, 5) is 25.8. The highest BCUT2D eigenvalue weighted by Gasteiger charge is 2.23. The van der Waals surface area contributed by atoms with Crippen molar-refractivity contribution >= 4 is 17.3 Å². The number of nitrogens with two attached hydrogens (primary N) is 1. The van der Waals surface area contributed by atoms with Gasteiger partial charge < -0.3 is 15.5 Å². The van der Waals surface area contributed by atoms with E-state index >= 15 is 0 Å². The number of hydrogen-bond donors (Lipinski definition) is 1. The van der Waals surface area contributed by atoms with E-state index in [4.69, 9.17) is 5.73 Å². The highest BCUT2D eigenvalue weighted by Crippen LogP contribution is 2.20. The van der Waals surface area contributed by atoms with Crippen LogP contribution in [0.3, 0.4) is 0 Å². The molecule has 108 valence electrons. The predicted molar refractivity (Wildman–Crippen MR) is 75.5 cm³/mol. The number of benzene rings is 1. The van der Waals surface area contributed by atoms with Crippen LogP contribution in [0.5, 0.6) is 0 Å². The van der Waals surface area contributed by atoms with Gasteiger partial charge >= 0.3 is 0 Å². The molecule has 1 fully saturated rings. The van der Waals surface area contributed by atoms with Crippen molar-refractivity contribution in [3.05, 3.63) is 34.4 Å². The molecule has 20 heavy (non-hydrogen) atoms. The third kappa shape index (κ3) is 3.05. The van der Waals surface area contributed by atoms with Crippen LogP contribution in [0.1, 0.15) is 6.92 Å². The molecule has 2 rings (SSSR count). The predicted octanol–water partition coefficient (Wildman–Crippen LogP) is 0.591. The molecule has 1 aliphatic heterocycles. The second kappa shape index (κ2) is 5.87. The molecule has 1 amide bonds. The zero-order valence-corrected chi connectivity index (χ0v) is 11.4. The van der Waals surface area contributed by atoms with Gasteiger partial charge in [-0.2, -0.15) is 0 Å². The highest BCUT2D eigenvalue weighted by molar-refractivity contribution is 5.81. The Morgan fingerprint density at radius 1 is 1.25 bits per heavy atom. The molecule has 0 radical (unpaired) electrons. The Bertz CT molecular complexity index is 493. The van der Waals surface area contributed by atoms with Gasteiger partial charge in [0.05, 0.1) is 11.0 Å². The van der Waals surface area contributed by atoms with Gasteiger partial charge in [0.25, 0.3) is 5.69 Å². The van der Waals surface area contributed by atoms with Gasteiger partial charge in [-0.05, 0) is 19.1 Å². The van der Waals surface area contributed by atoms with Gasteiger partial charge in [-0.15, -0.1) is 0 Å². The van der Waals surface area contributed by atoms with Crippen molar-refractivity contribution < 1.29 is 9.72 Å². The first kappa shape index (κ1) is 14.3. The highest BCUT2D eigenvalue weighted by atomic mass is 16.6. The lowest BCUT2D eigenvalue weighted by Gasteiger charge is -2.36. The van der Waals surface area contributed by atoms with Crippen LogP contribution in [0.25, 0.3) is 0 Å². The smallest absolute Gasteiger partial charge is 0.269 e. The van der Waals surface area contributed by atoms with E-state index in [2.05, 4.69) is 4.90 Å². The van der Waals surface area contributed by atoms with Gasteiger partial charge in [-0.3, -0.25) is 14.9 Å². The summed E-state index contributed by atoms with van der Waals surface area (Å²) in [6, 6.07) is 5.99. The summed E-state index contributed by atoms with van der Waals surface area (Å²) in [5, 5.41) is 10.6. The van der Waals surface area contributed by atoms with Crippen LogP contribution < -0.4 is 10.6 Å². The maximum absolute atomic E-state index is 11.8. The first-order chi connectivity index (χ1) is 9.49. The monoisotopic (exact) mass is 278 g/mol. The first-order valence-electron chi connectivity index (χ1n) is 6.53. The van der Waals surface area contributed by atoms with Gasteiger partial charge in [0, 0.05) is 44.0 Å². The fourth-order valence-corrected chi connectivity index (χ4v) is 2.26. The number of non-ortho nitro benzene ring substituents is 1. The minimum atomic E-state index is -0.471. The van der Waals surface area contributed by atoms with Crippen molar-refractivity contribution in [2.75, 3.05) is 31.1 Å². The fourth-order valence-electron chi connectivity index (χ4n) is 2.26. The molecule has 0 unspecified atom stereocenters. The quantitative estimate of drug-likeness (QED) is 0.645. The van der Waals surface area contributed by atoms with E-state index in [1.54, 1.807) is 24.0 Å². The Kier molecular flexibility index (Phi) is 4.19. The molecule has 7 heteroatoms. The van der Waals surface area contributed by atoms with Gasteiger partial charge in [-0.1, -0.05) is 0 Å². The molecule has 2 N–H and O–H groups in total. The number of amides is 1. The number of piperazine rings is 1. The van der Waals surface area contributed by atoms with Crippen molar-refractivity contribution in [3.63, 3.8) is 0 Å². The van der Waals surface area contributed by atoms with E-state index in [-0.39, 0.29) is 11.6 Å². The fraction of sp³-hybridized carbons (Fsp3) is 0.462. The maximum Gasteiger partial charge on any atom is 0.269 e. The summed E-state index contributed by atoms with van der Waals surface area (Å²) in [7, 11) is 0. The van der Waals surface area contributed by atoms with Crippen LogP contribution in [0, 0.1) is 10.1 Å². The number of anilines is 1. The summed E-state index contributed by atoms with van der Waals surface area (Å²) < 4.78 is 0. The molecule has 0 aromatic heterocycles. The topological polar surface area (TPSA) is 92.7 Å². The number of nitrogens with zero attached hydrogens (tertiary/aromatic N) is 3. The summed E-state index contributed by atoms with van der Waals surface area (Å²) in [6.07, 6.45) is 0. The lowest BCUT2D eigenvalue weighted by Crippen LogP contribution is -2.52. The Morgan fingerprint density at radius 3 is 2.25 bits per heavy atom. The van der Waals surface area contributed by atoms with Crippen LogP contribution in [0.2, 0.25) is 0 Å². The van der Waals surface area contributed by atoms with Crippen LogP contribution in [-0.4, -0.2) is 48.0 Å². The first-order valence-corrected chi connectivity index (χ1v) is 6.53. The van der Waals surface area contributed by atoms with Crippen molar-refractivity contribution in [1.29, 1.82) is 0 Å². The lowest BCUT2D eigenvalue weighted by atomic mass is 10.2. The summed E-state index contributed by atoms with van der Waals surface area (Å²) >= 11 is 0. The molecule has 0 saturated carbocycles. The maximum atomic E-state index is 11.8. The number of hydrogen-bond acceptors (Lipinski definition) is 5. The van der Waals surface area contributed by atoms with E-state index in [1.807, 2.05) is 0 Å². The normalized spacial score (nSPS) is 16.9. The number of carbonyl (C=O) groups excluding carboxylic acids is 1. The molecule has 7 nitrogen and oxygen atoms in total. The van der Waals surface area contributed by atoms with Crippen molar-refractivity contribution in [1.82, 2.24) is 4.90 Å². The van der Waals surface area contributed by atoms with E-state index in [0.717, 1.165) is 5.69 Å². The van der Waals surface area contributed by atoms with Gasteiger partial charge in [0.2, 0.25) is 5.91 Å². The number of carbonyl (C=O) groups is 1. The average Bonchev–Trinajstić information content (AvgIpc) is 2.46. The van der Waals surface area contributed by atoms with Gasteiger partial charge in [0.15, 0.2) is 0 Å². The molecule has 1 atom stereocenters. The Morgan fingerprint density at radius 2 is 1.80 bits per heavy atom. The molecule has 1 aromatic carbocycles. The summed E-state index contributed by atoms with van der Waals surface area (Å²) in [5.74, 6) is -0.0339. The second-order valence-electron chi connectivity index (χ2n) is 4.87. The molecule has 0 spiro atoms. The summed E-state index contributed by atoms with van der Waals surface area (Å²) in [6.45, 7) is 4.34. The van der Waals surface area contributed by atoms with Gasteiger partial charge in [0.1, 0.15) is 0 Å². The Balaban J connectivity index is 1.97. The average molecular weight is 278 g/mol. The molecular formula is C13H18N4O3. The molecule has 1 aromatic rings. The Hall–Kier alpha value is -2.15. The second-order valence-corrected chi connectivity index (χ2v) is 4.87. The van der Waals surface area contributed by atoms with Crippen molar-refractivity contribution in [2.24, 2.45) is 5.73 Å². The SMILES string of the molecule is C[C@@H](N)C(=O)N1CCN(c2ccc([N+](=O)[O-])cc2)CC1.